The van der Waals surface area contributed by atoms with Crippen molar-refractivity contribution in [3.8, 4) is 0 Å². The standard InChI is InChI=1S/C9H8INS/c1-5-7(10)4-6-2-3-12-9(6)8(5)11/h2-4H,11H2,1H3. The number of hydrogen-bond acceptors (Lipinski definition) is 2. The molecule has 0 saturated heterocycles. The fraction of sp³-hybridized carbons (Fsp3) is 0.111. The lowest BCUT2D eigenvalue weighted by molar-refractivity contribution is 1.47. The fourth-order valence-electron chi connectivity index (χ4n) is 1.20. The first-order valence-corrected chi connectivity index (χ1v) is 5.58. The van der Waals surface area contributed by atoms with E-state index >= 15 is 0 Å². The third-order valence-corrected chi connectivity index (χ3v) is 4.07. The summed E-state index contributed by atoms with van der Waals surface area (Å²) in [6, 6.07) is 4.29. The van der Waals surface area contributed by atoms with Gasteiger partial charge in [0.2, 0.25) is 0 Å². The molecule has 0 amide bonds. The van der Waals surface area contributed by atoms with Gasteiger partial charge < -0.3 is 5.73 Å². The number of nitrogens with two attached hydrogens (primary N) is 1. The highest BCUT2D eigenvalue weighted by atomic mass is 127. The summed E-state index contributed by atoms with van der Waals surface area (Å²) >= 11 is 4.03. The monoisotopic (exact) mass is 289 g/mol. The van der Waals surface area contributed by atoms with Crippen molar-refractivity contribution in [3.63, 3.8) is 0 Å². The average molecular weight is 289 g/mol. The van der Waals surface area contributed by atoms with E-state index in [9.17, 15) is 0 Å². The van der Waals surface area contributed by atoms with E-state index in [-0.39, 0.29) is 0 Å². The van der Waals surface area contributed by atoms with Crippen molar-refractivity contribution in [2.45, 2.75) is 6.92 Å². The van der Waals surface area contributed by atoms with Crippen LogP contribution < -0.4 is 5.73 Å². The van der Waals surface area contributed by atoms with Crippen LogP contribution in [-0.4, -0.2) is 0 Å². The third kappa shape index (κ3) is 1.11. The minimum Gasteiger partial charge on any atom is -0.397 e. The van der Waals surface area contributed by atoms with Crippen molar-refractivity contribution >= 4 is 49.7 Å². The van der Waals surface area contributed by atoms with Crippen LogP contribution in [0.4, 0.5) is 5.69 Å². The molecule has 0 unspecified atom stereocenters. The quantitative estimate of drug-likeness (QED) is 0.584. The van der Waals surface area contributed by atoms with E-state index in [1.807, 2.05) is 0 Å². The summed E-state index contributed by atoms with van der Waals surface area (Å²) in [5.74, 6) is 0. The number of nitrogen functional groups attached to an aromatic ring is 1. The van der Waals surface area contributed by atoms with Crippen LogP contribution in [-0.2, 0) is 0 Å². The summed E-state index contributed by atoms with van der Waals surface area (Å²) in [5, 5.41) is 3.34. The molecule has 1 heterocycles. The van der Waals surface area contributed by atoms with E-state index in [0.29, 0.717) is 0 Å². The topological polar surface area (TPSA) is 26.0 Å². The zero-order chi connectivity index (χ0) is 8.72. The highest BCUT2D eigenvalue weighted by molar-refractivity contribution is 14.1. The highest BCUT2D eigenvalue weighted by Crippen LogP contribution is 2.32. The van der Waals surface area contributed by atoms with Crippen LogP contribution in [0.5, 0.6) is 0 Å². The van der Waals surface area contributed by atoms with Gasteiger partial charge in [0, 0.05) is 3.57 Å². The van der Waals surface area contributed by atoms with Crippen molar-refractivity contribution in [2.75, 3.05) is 5.73 Å². The Bertz CT molecular complexity index is 433. The van der Waals surface area contributed by atoms with Gasteiger partial charge in [-0.2, -0.15) is 0 Å². The van der Waals surface area contributed by atoms with Crippen LogP contribution in [0.15, 0.2) is 17.5 Å². The summed E-state index contributed by atoms with van der Waals surface area (Å²) in [7, 11) is 0. The zero-order valence-electron chi connectivity index (χ0n) is 6.60. The maximum atomic E-state index is 5.97. The van der Waals surface area contributed by atoms with Crippen molar-refractivity contribution in [1.82, 2.24) is 0 Å². The molecular weight excluding hydrogens is 281 g/mol. The van der Waals surface area contributed by atoms with Crippen molar-refractivity contribution < 1.29 is 0 Å². The van der Waals surface area contributed by atoms with Crippen LogP contribution in [0.25, 0.3) is 10.1 Å². The van der Waals surface area contributed by atoms with E-state index in [1.54, 1.807) is 11.3 Å². The number of rotatable bonds is 0. The maximum absolute atomic E-state index is 5.97. The van der Waals surface area contributed by atoms with Gasteiger partial charge in [0.25, 0.3) is 0 Å². The van der Waals surface area contributed by atoms with Gasteiger partial charge >= 0.3 is 0 Å². The molecule has 0 aliphatic rings. The van der Waals surface area contributed by atoms with Crippen molar-refractivity contribution in [1.29, 1.82) is 0 Å². The van der Waals surface area contributed by atoms with Gasteiger partial charge in [0.1, 0.15) is 0 Å². The molecule has 2 N–H and O–H groups in total. The number of halogens is 1. The maximum Gasteiger partial charge on any atom is 0.0575 e. The smallest absolute Gasteiger partial charge is 0.0575 e. The van der Waals surface area contributed by atoms with Gasteiger partial charge in [0.05, 0.1) is 10.4 Å². The number of fused-ring (bicyclic) bond motifs is 1. The number of hydrogen-bond donors (Lipinski definition) is 1. The number of thiophene rings is 1. The molecule has 3 heteroatoms. The first-order chi connectivity index (χ1) is 5.70. The van der Waals surface area contributed by atoms with Crippen LogP contribution in [0.2, 0.25) is 0 Å². The summed E-state index contributed by atoms with van der Waals surface area (Å²) < 4.78 is 2.46. The molecule has 0 bridgehead atoms. The molecule has 0 radical (unpaired) electrons. The second kappa shape index (κ2) is 2.88. The lowest BCUT2D eigenvalue weighted by Gasteiger charge is -2.03. The number of anilines is 1. The van der Waals surface area contributed by atoms with Gasteiger partial charge in [-0.25, -0.2) is 0 Å². The first-order valence-electron chi connectivity index (χ1n) is 3.62. The zero-order valence-corrected chi connectivity index (χ0v) is 9.57. The second-order valence-electron chi connectivity index (χ2n) is 2.74. The molecule has 2 aromatic rings. The lowest BCUT2D eigenvalue weighted by atomic mass is 10.1. The van der Waals surface area contributed by atoms with Crippen LogP contribution in [0.3, 0.4) is 0 Å². The molecule has 1 aromatic heterocycles. The van der Waals surface area contributed by atoms with Gasteiger partial charge in [-0.1, -0.05) is 0 Å². The largest absolute Gasteiger partial charge is 0.397 e. The molecule has 2 rings (SSSR count). The van der Waals surface area contributed by atoms with E-state index in [0.717, 1.165) is 5.69 Å². The molecule has 1 nitrogen and oxygen atoms in total. The molecule has 0 aliphatic heterocycles. The molecule has 62 valence electrons. The minimum atomic E-state index is 0.937. The molecule has 0 saturated carbocycles. The van der Waals surface area contributed by atoms with Crippen LogP contribution in [0.1, 0.15) is 5.56 Å². The minimum absolute atomic E-state index is 0.937. The summed E-state index contributed by atoms with van der Waals surface area (Å²) in [5.41, 5.74) is 8.11. The van der Waals surface area contributed by atoms with Crippen LogP contribution >= 0.6 is 33.9 Å². The first kappa shape index (κ1) is 8.31. The average Bonchev–Trinajstić information content (AvgIpc) is 2.48. The van der Waals surface area contributed by atoms with Gasteiger partial charge in [0.15, 0.2) is 0 Å². The fourth-order valence-corrected chi connectivity index (χ4v) is 2.72. The van der Waals surface area contributed by atoms with E-state index in [2.05, 4.69) is 47.0 Å². The molecule has 0 atom stereocenters. The van der Waals surface area contributed by atoms with Gasteiger partial charge in [-0.05, 0) is 58.0 Å². The van der Waals surface area contributed by atoms with Crippen molar-refractivity contribution in [2.24, 2.45) is 0 Å². The second-order valence-corrected chi connectivity index (χ2v) is 4.81. The molecule has 0 aliphatic carbocycles. The third-order valence-electron chi connectivity index (χ3n) is 1.98. The lowest BCUT2D eigenvalue weighted by Crippen LogP contribution is -1.91. The predicted molar refractivity (Wildman–Crippen MR) is 63.7 cm³/mol. The van der Waals surface area contributed by atoms with E-state index < -0.39 is 0 Å². The molecule has 0 spiro atoms. The normalized spacial score (nSPS) is 10.8. The van der Waals surface area contributed by atoms with Crippen LogP contribution in [0, 0.1) is 10.5 Å². The Hall–Kier alpha value is -0.290. The summed E-state index contributed by atoms with van der Waals surface area (Å²) in [6.07, 6.45) is 0. The molecule has 12 heavy (non-hydrogen) atoms. The predicted octanol–water partition coefficient (Wildman–Crippen LogP) is 3.40. The summed E-state index contributed by atoms with van der Waals surface area (Å²) in [6.45, 7) is 2.07. The van der Waals surface area contributed by atoms with Gasteiger partial charge in [-0.15, -0.1) is 11.3 Å². The van der Waals surface area contributed by atoms with Crippen molar-refractivity contribution in [3.05, 3.63) is 26.6 Å². The Morgan fingerprint density at radius 2 is 2.25 bits per heavy atom. The highest BCUT2D eigenvalue weighted by Gasteiger charge is 2.05. The van der Waals surface area contributed by atoms with E-state index in [1.165, 1.54) is 19.2 Å². The molecular formula is C9H8INS. The van der Waals surface area contributed by atoms with E-state index in [4.69, 9.17) is 5.73 Å². The Balaban J connectivity index is 2.94. The summed E-state index contributed by atoms with van der Waals surface area (Å²) in [4.78, 5) is 0. The molecule has 1 aromatic carbocycles. The Labute approximate surface area is 88.7 Å². The SMILES string of the molecule is Cc1c(I)cc2ccsc2c1N. The Morgan fingerprint density at radius 1 is 1.50 bits per heavy atom. The Morgan fingerprint density at radius 3 is 3.00 bits per heavy atom. The number of benzene rings is 1. The Kier molecular flexibility index (Phi) is 2.00. The van der Waals surface area contributed by atoms with Gasteiger partial charge in [-0.3, -0.25) is 0 Å². The molecule has 0 fully saturated rings.